The summed E-state index contributed by atoms with van der Waals surface area (Å²) in [5, 5.41) is 22.8. The van der Waals surface area contributed by atoms with Crippen LogP contribution in [-0.4, -0.2) is 102 Å². The third-order valence-corrected chi connectivity index (χ3v) is 9.34. The molecule has 0 aliphatic carbocycles. The highest BCUT2D eigenvalue weighted by molar-refractivity contribution is 5.98. The van der Waals surface area contributed by atoms with Crippen LogP contribution in [-0.2, 0) is 36.8 Å². The number of likely N-dealkylation sites (N-methyl/N-ethyl adjacent to an activating group) is 1. The molecule has 0 saturated carbocycles. The number of fused-ring (bicyclic) bond motifs is 1. The van der Waals surface area contributed by atoms with Crippen LogP contribution in [0.1, 0.15) is 43.7 Å². The number of amides is 5. The van der Waals surface area contributed by atoms with Gasteiger partial charge >= 0.3 is 0 Å². The molecule has 1 saturated heterocycles. The number of nitrogens with two attached hydrogens (primary N) is 4. The van der Waals surface area contributed by atoms with Gasteiger partial charge in [-0.15, -0.1) is 0 Å². The van der Waals surface area contributed by atoms with Crippen molar-refractivity contribution in [1.82, 2.24) is 26.2 Å². The van der Waals surface area contributed by atoms with Crippen molar-refractivity contribution in [3.05, 3.63) is 77.9 Å². The Bertz CT molecular complexity index is 1890. The molecular weight excluding hydrogens is 706 g/mol. The largest absolute Gasteiger partial charge is 0.508 e. The normalized spacial score (nSPS) is 21.3. The molecule has 0 radical (unpaired) electrons. The van der Waals surface area contributed by atoms with E-state index in [1.165, 1.54) is 31.0 Å². The molecular formula is C38H51N11O6. The summed E-state index contributed by atoms with van der Waals surface area (Å²) in [4.78, 5) is 79.3. The van der Waals surface area contributed by atoms with Gasteiger partial charge in [-0.2, -0.15) is 0 Å². The van der Waals surface area contributed by atoms with Crippen LogP contribution in [0.25, 0.3) is 10.8 Å². The van der Waals surface area contributed by atoms with Crippen LogP contribution in [0.4, 0.5) is 0 Å². The summed E-state index contributed by atoms with van der Waals surface area (Å²) in [7, 11) is 1.44. The Morgan fingerprint density at radius 3 is 1.67 bits per heavy atom. The predicted molar refractivity (Wildman–Crippen MR) is 209 cm³/mol. The van der Waals surface area contributed by atoms with E-state index in [9.17, 15) is 29.1 Å². The molecule has 1 aliphatic rings. The predicted octanol–water partition coefficient (Wildman–Crippen LogP) is -0.762. The van der Waals surface area contributed by atoms with Crippen LogP contribution < -0.4 is 44.2 Å². The molecule has 13 N–H and O–H groups in total. The molecule has 17 nitrogen and oxygen atoms in total. The first-order chi connectivity index (χ1) is 26.2. The van der Waals surface area contributed by atoms with E-state index >= 15 is 0 Å². The molecule has 1 heterocycles. The SMILES string of the molecule is C[C@@H]1C(=O)N[C@H](Cc2ccc(O)cc2)C(=O)N[C@@H](CCCN=C(N)N)C(=O)N[C@@H](CCCN=C(N)N)C(=O)N[C@@H](Cc2ccc3ccccc3c2)C(=O)N1C. The van der Waals surface area contributed by atoms with Gasteiger partial charge in [0.2, 0.25) is 29.5 Å². The summed E-state index contributed by atoms with van der Waals surface area (Å²) in [5.74, 6) is -3.52. The first-order valence-corrected chi connectivity index (χ1v) is 18.1. The van der Waals surface area contributed by atoms with Gasteiger partial charge in [0.15, 0.2) is 11.9 Å². The van der Waals surface area contributed by atoms with Crippen LogP contribution in [0.3, 0.4) is 0 Å². The quantitative estimate of drug-likeness (QED) is 0.0632. The van der Waals surface area contributed by atoms with Crippen LogP contribution >= 0.6 is 0 Å². The number of guanidine groups is 2. The minimum atomic E-state index is -1.20. The van der Waals surface area contributed by atoms with E-state index in [4.69, 9.17) is 22.9 Å². The highest BCUT2D eigenvalue weighted by Crippen LogP contribution is 2.18. The number of carbonyl (C=O) groups is 5. The van der Waals surface area contributed by atoms with E-state index in [0.717, 1.165) is 16.3 Å². The molecule has 294 valence electrons. The van der Waals surface area contributed by atoms with E-state index < -0.39 is 59.7 Å². The van der Waals surface area contributed by atoms with Gasteiger partial charge in [-0.25, -0.2) is 0 Å². The zero-order valence-electron chi connectivity index (χ0n) is 31.0. The fourth-order valence-corrected chi connectivity index (χ4v) is 6.15. The molecule has 3 aromatic rings. The lowest BCUT2D eigenvalue weighted by Gasteiger charge is -2.30. The molecule has 5 amide bonds. The third-order valence-electron chi connectivity index (χ3n) is 9.34. The van der Waals surface area contributed by atoms with Crippen molar-refractivity contribution in [2.45, 2.75) is 75.7 Å². The lowest BCUT2D eigenvalue weighted by Crippen LogP contribution is -2.58. The molecule has 1 fully saturated rings. The number of phenols is 1. The number of nitrogens with one attached hydrogen (secondary N) is 4. The van der Waals surface area contributed by atoms with E-state index in [0.29, 0.717) is 5.56 Å². The second-order valence-electron chi connectivity index (χ2n) is 13.5. The second-order valence-corrected chi connectivity index (χ2v) is 13.5. The highest BCUT2D eigenvalue weighted by atomic mass is 16.3. The lowest BCUT2D eigenvalue weighted by molar-refractivity contribution is -0.142. The number of rotatable bonds is 12. The minimum absolute atomic E-state index is 0.0113. The van der Waals surface area contributed by atoms with Crippen molar-refractivity contribution in [3.8, 4) is 5.75 Å². The summed E-state index contributed by atoms with van der Waals surface area (Å²) >= 11 is 0. The number of aromatic hydroxyl groups is 1. The van der Waals surface area contributed by atoms with E-state index in [-0.39, 0.29) is 69.3 Å². The van der Waals surface area contributed by atoms with Gasteiger partial charge in [0, 0.05) is 33.0 Å². The second kappa shape index (κ2) is 19.6. The van der Waals surface area contributed by atoms with Crippen molar-refractivity contribution in [3.63, 3.8) is 0 Å². The summed E-state index contributed by atoms with van der Waals surface area (Å²) < 4.78 is 0. The van der Waals surface area contributed by atoms with E-state index in [1.54, 1.807) is 12.1 Å². The molecule has 3 aromatic carbocycles. The number of nitrogens with zero attached hydrogens (tertiary/aromatic N) is 3. The Labute approximate surface area is 319 Å². The monoisotopic (exact) mass is 757 g/mol. The van der Waals surface area contributed by atoms with Gasteiger partial charge in [0.1, 0.15) is 36.0 Å². The van der Waals surface area contributed by atoms with Crippen LogP contribution in [0.5, 0.6) is 5.75 Å². The fraction of sp³-hybridized carbons (Fsp3) is 0.395. The zero-order valence-corrected chi connectivity index (χ0v) is 31.0. The van der Waals surface area contributed by atoms with E-state index in [1.807, 2.05) is 42.5 Å². The van der Waals surface area contributed by atoms with Gasteiger partial charge in [-0.1, -0.05) is 54.6 Å². The Kier molecular flexibility index (Phi) is 14.8. The smallest absolute Gasteiger partial charge is 0.245 e. The summed E-state index contributed by atoms with van der Waals surface area (Å²) in [6.45, 7) is 1.83. The molecule has 0 aromatic heterocycles. The average molecular weight is 758 g/mol. The Morgan fingerprint density at radius 1 is 0.636 bits per heavy atom. The van der Waals surface area contributed by atoms with Gasteiger partial charge in [-0.05, 0) is 66.6 Å². The summed E-state index contributed by atoms with van der Waals surface area (Å²) in [6, 6.07) is 13.7. The number of aliphatic imine (C=N–C) groups is 2. The maximum absolute atomic E-state index is 14.2. The van der Waals surface area contributed by atoms with Crippen LogP contribution in [0, 0.1) is 0 Å². The summed E-state index contributed by atoms with van der Waals surface area (Å²) in [5.41, 5.74) is 23.3. The van der Waals surface area contributed by atoms with Gasteiger partial charge < -0.3 is 54.2 Å². The average Bonchev–Trinajstić information content (AvgIpc) is 3.15. The number of hydrogen-bond acceptors (Lipinski definition) is 8. The number of hydrogen-bond donors (Lipinski definition) is 9. The van der Waals surface area contributed by atoms with Crippen molar-refractivity contribution in [2.24, 2.45) is 32.9 Å². The molecule has 4 rings (SSSR count). The first kappa shape index (κ1) is 41.4. The van der Waals surface area contributed by atoms with Gasteiger partial charge in [0.05, 0.1) is 0 Å². The highest BCUT2D eigenvalue weighted by Gasteiger charge is 2.35. The van der Waals surface area contributed by atoms with Crippen LogP contribution in [0.15, 0.2) is 76.7 Å². The van der Waals surface area contributed by atoms with Crippen molar-refractivity contribution < 1.29 is 29.1 Å². The van der Waals surface area contributed by atoms with Crippen LogP contribution in [0.2, 0.25) is 0 Å². The Balaban J connectivity index is 1.74. The number of phenolic OH excluding ortho intramolecular Hbond substituents is 1. The summed E-state index contributed by atoms with van der Waals surface area (Å²) in [6.07, 6.45) is 0.763. The number of carbonyl (C=O) groups excluding carboxylic acids is 5. The molecule has 0 unspecified atom stereocenters. The molecule has 0 spiro atoms. The van der Waals surface area contributed by atoms with Crippen molar-refractivity contribution in [2.75, 3.05) is 20.1 Å². The molecule has 1 aliphatic heterocycles. The van der Waals surface area contributed by atoms with Gasteiger partial charge in [0.25, 0.3) is 0 Å². The Hall–Kier alpha value is -6.39. The molecule has 0 bridgehead atoms. The van der Waals surface area contributed by atoms with Crippen molar-refractivity contribution in [1.29, 1.82) is 0 Å². The third kappa shape index (κ3) is 12.3. The van der Waals surface area contributed by atoms with E-state index in [2.05, 4.69) is 31.3 Å². The fourth-order valence-electron chi connectivity index (χ4n) is 6.15. The molecule has 55 heavy (non-hydrogen) atoms. The maximum Gasteiger partial charge on any atom is 0.245 e. The maximum atomic E-state index is 14.2. The molecule has 17 heteroatoms. The van der Waals surface area contributed by atoms with Crippen molar-refractivity contribution >= 4 is 52.2 Å². The minimum Gasteiger partial charge on any atom is -0.508 e. The Morgan fingerprint density at radius 2 is 1.11 bits per heavy atom. The first-order valence-electron chi connectivity index (χ1n) is 18.1. The van der Waals surface area contributed by atoms with Gasteiger partial charge in [-0.3, -0.25) is 34.0 Å². The zero-order chi connectivity index (χ0) is 40.1. The topological polar surface area (TPSA) is 286 Å². The standard InChI is InChI=1S/C38H51N11O6/c1-22-32(51)47-30(20-23-12-15-27(50)16-13-23)35(54)46-28(9-5-17-43-37(39)40)33(52)45-29(10-6-18-44-38(41)42)34(53)48-31(36(55)49(22)2)21-24-11-14-25-7-3-4-8-26(25)19-24/h3-4,7-8,11-16,19,22,28-31,50H,5-6,9-10,17-18,20-21H2,1-2H3,(H,45,52)(H,46,54)(H,47,51)(H,48,53)(H4,39,40,43)(H4,41,42,44)/t22-,28+,29+,30-,31+/m1/s1. The molecule has 5 atom stereocenters. The lowest BCUT2D eigenvalue weighted by atomic mass is 9.99. The number of benzene rings is 3.